The Kier molecular flexibility index (Phi) is 5.38. The van der Waals surface area contributed by atoms with Crippen molar-refractivity contribution in [1.82, 2.24) is 15.1 Å². The number of aromatic nitrogens is 2. The van der Waals surface area contributed by atoms with E-state index >= 15 is 0 Å². The van der Waals surface area contributed by atoms with E-state index in [4.69, 9.17) is 16.0 Å². The molecule has 26 heavy (non-hydrogen) atoms. The van der Waals surface area contributed by atoms with Crippen molar-refractivity contribution in [2.45, 2.75) is 13.0 Å². The summed E-state index contributed by atoms with van der Waals surface area (Å²) in [5, 5.41) is 9.81. The molecule has 1 atom stereocenters. The zero-order valence-corrected chi connectivity index (χ0v) is 14.7. The average Bonchev–Trinajstić information content (AvgIpc) is 3.32. The smallest absolute Gasteiger partial charge is 0.313 e. The summed E-state index contributed by atoms with van der Waals surface area (Å²) in [6.07, 6.45) is 4.93. The number of furan rings is 1. The Labute approximate surface area is 154 Å². The van der Waals surface area contributed by atoms with Gasteiger partial charge in [0.05, 0.1) is 6.26 Å². The molecule has 0 radical (unpaired) electrons. The summed E-state index contributed by atoms with van der Waals surface area (Å²) in [5.74, 6) is -0.909. The molecule has 0 aliphatic carbocycles. The van der Waals surface area contributed by atoms with Gasteiger partial charge in [-0.05, 0) is 42.8 Å². The summed E-state index contributed by atoms with van der Waals surface area (Å²) in [7, 11) is 0. The third kappa shape index (κ3) is 4.12. The molecule has 0 bridgehead atoms. The quantitative estimate of drug-likeness (QED) is 0.674. The maximum Gasteiger partial charge on any atom is 0.313 e. The van der Waals surface area contributed by atoms with Crippen molar-refractivity contribution >= 4 is 29.1 Å². The van der Waals surface area contributed by atoms with Crippen LogP contribution in [-0.4, -0.2) is 28.1 Å². The average molecular weight is 373 g/mol. The zero-order chi connectivity index (χ0) is 18.5. The Morgan fingerprint density at radius 1 is 1.27 bits per heavy atom. The van der Waals surface area contributed by atoms with E-state index in [-0.39, 0.29) is 12.6 Å². The van der Waals surface area contributed by atoms with Crippen molar-refractivity contribution in [3.63, 3.8) is 0 Å². The molecular weight excluding hydrogens is 356 g/mol. The molecule has 1 unspecified atom stereocenters. The van der Waals surface area contributed by atoms with Gasteiger partial charge in [0.15, 0.2) is 0 Å². The van der Waals surface area contributed by atoms with E-state index < -0.39 is 11.8 Å². The van der Waals surface area contributed by atoms with Crippen molar-refractivity contribution in [1.29, 1.82) is 0 Å². The van der Waals surface area contributed by atoms with E-state index in [0.29, 0.717) is 16.5 Å². The van der Waals surface area contributed by atoms with Crippen LogP contribution in [0.2, 0.25) is 5.02 Å². The molecule has 3 rings (SSSR count). The molecule has 2 amide bonds. The SMILES string of the molecule is Cc1ccc(NC(=O)C(=O)NCC(c2ccco2)n2cccn2)cc1Cl. The second-order valence-corrected chi connectivity index (χ2v) is 6.05. The topological polar surface area (TPSA) is 89.2 Å². The van der Waals surface area contributed by atoms with E-state index in [1.807, 2.05) is 6.92 Å². The molecule has 2 heterocycles. The molecule has 134 valence electrons. The fourth-order valence-corrected chi connectivity index (χ4v) is 2.58. The highest BCUT2D eigenvalue weighted by atomic mass is 35.5. The van der Waals surface area contributed by atoms with Gasteiger partial charge in [0.2, 0.25) is 0 Å². The number of aryl methyl sites for hydroxylation is 1. The molecule has 0 spiro atoms. The predicted octanol–water partition coefficient (Wildman–Crippen LogP) is 2.78. The summed E-state index contributed by atoms with van der Waals surface area (Å²) in [6, 6.07) is 9.99. The van der Waals surface area contributed by atoms with Crippen LogP contribution in [0.3, 0.4) is 0 Å². The molecule has 2 N–H and O–H groups in total. The summed E-state index contributed by atoms with van der Waals surface area (Å²) >= 11 is 6.02. The first-order chi connectivity index (χ1) is 12.5. The first-order valence-corrected chi connectivity index (χ1v) is 8.30. The van der Waals surface area contributed by atoms with Gasteiger partial charge in [-0.15, -0.1) is 0 Å². The molecule has 8 heteroatoms. The van der Waals surface area contributed by atoms with Gasteiger partial charge < -0.3 is 15.1 Å². The zero-order valence-electron chi connectivity index (χ0n) is 14.0. The van der Waals surface area contributed by atoms with Gasteiger partial charge in [-0.3, -0.25) is 14.3 Å². The number of anilines is 1. The molecule has 0 aliphatic rings. The van der Waals surface area contributed by atoms with Crippen LogP contribution in [0.25, 0.3) is 0 Å². The molecule has 1 aromatic carbocycles. The summed E-state index contributed by atoms with van der Waals surface area (Å²) in [6.45, 7) is 2.00. The number of halogens is 1. The number of amides is 2. The predicted molar refractivity (Wildman–Crippen MR) is 96.9 cm³/mol. The van der Waals surface area contributed by atoms with Gasteiger partial charge in [-0.2, -0.15) is 5.10 Å². The molecule has 0 saturated heterocycles. The van der Waals surface area contributed by atoms with Crippen LogP contribution in [0.15, 0.2) is 59.5 Å². The first-order valence-electron chi connectivity index (χ1n) is 7.92. The van der Waals surface area contributed by atoms with Crippen molar-refractivity contribution in [2.24, 2.45) is 0 Å². The van der Waals surface area contributed by atoms with Crippen LogP contribution < -0.4 is 10.6 Å². The van der Waals surface area contributed by atoms with Gasteiger partial charge in [-0.1, -0.05) is 17.7 Å². The first kappa shape index (κ1) is 17.8. The number of hydrogen-bond donors (Lipinski definition) is 2. The number of nitrogens with one attached hydrogen (secondary N) is 2. The lowest BCUT2D eigenvalue weighted by atomic mass is 10.2. The van der Waals surface area contributed by atoms with Crippen molar-refractivity contribution in [3.8, 4) is 0 Å². The minimum Gasteiger partial charge on any atom is -0.467 e. The Morgan fingerprint density at radius 3 is 2.77 bits per heavy atom. The normalized spacial score (nSPS) is 11.8. The monoisotopic (exact) mass is 372 g/mol. The Hall–Kier alpha value is -3.06. The fraction of sp³-hybridized carbons (Fsp3) is 0.167. The van der Waals surface area contributed by atoms with Crippen molar-refractivity contribution < 1.29 is 14.0 Å². The largest absolute Gasteiger partial charge is 0.467 e. The van der Waals surface area contributed by atoms with Crippen LogP contribution in [0, 0.1) is 6.92 Å². The molecular formula is C18H17ClN4O3. The standard InChI is InChI=1S/C18H17ClN4O3/c1-12-5-6-13(10-14(12)19)22-18(25)17(24)20-11-15(16-4-2-9-26-16)23-8-3-7-21-23/h2-10,15H,11H2,1H3,(H,20,24)(H,22,25). The number of benzene rings is 1. The highest BCUT2D eigenvalue weighted by molar-refractivity contribution is 6.39. The van der Waals surface area contributed by atoms with Crippen LogP contribution in [-0.2, 0) is 9.59 Å². The Bertz CT molecular complexity index is 857. The number of hydrogen-bond acceptors (Lipinski definition) is 4. The minimum atomic E-state index is -0.774. The van der Waals surface area contributed by atoms with Gasteiger partial charge in [-0.25, -0.2) is 0 Å². The maximum atomic E-state index is 12.1. The molecule has 0 saturated carbocycles. The van der Waals surface area contributed by atoms with Crippen molar-refractivity contribution in [3.05, 3.63) is 71.4 Å². The highest BCUT2D eigenvalue weighted by Crippen LogP contribution is 2.20. The third-order valence-corrected chi connectivity index (χ3v) is 4.21. The third-order valence-electron chi connectivity index (χ3n) is 3.81. The fourth-order valence-electron chi connectivity index (χ4n) is 2.40. The van der Waals surface area contributed by atoms with Gasteiger partial charge >= 0.3 is 11.8 Å². The summed E-state index contributed by atoms with van der Waals surface area (Å²) in [5.41, 5.74) is 1.34. The van der Waals surface area contributed by atoms with Crippen LogP contribution in [0.5, 0.6) is 0 Å². The molecule has 0 aliphatic heterocycles. The number of rotatable bonds is 5. The Morgan fingerprint density at radius 2 is 2.12 bits per heavy atom. The summed E-state index contributed by atoms with van der Waals surface area (Å²) < 4.78 is 7.05. The second-order valence-electron chi connectivity index (χ2n) is 5.65. The lowest BCUT2D eigenvalue weighted by molar-refractivity contribution is -0.136. The van der Waals surface area contributed by atoms with E-state index in [0.717, 1.165) is 5.56 Å². The van der Waals surface area contributed by atoms with E-state index in [9.17, 15) is 9.59 Å². The van der Waals surface area contributed by atoms with Crippen LogP contribution in [0.1, 0.15) is 17.4 Å². The van der Waals surface area contributed by atoms with Gasteiger partial charge in [0.25, 0.3) is 0 Å². The maximum absolute atomic E-state index is 12.1. The van der Waals surface area contributed by atoms with E-state index in [2.05, 4.69) is 15.7 Å². The van der Waals surface area contributed by atoms with Crippen LogP contribution in [0.4, 0.5) is 5.69 Å². The van der Waals surface area contributed by atoms with E-state index in [1.54, 1.807) is 59.7 Å². The van der Waals surface area contributed by atoms with Crippen molar-refractivity contribution in [2.75, 3.05) is 11.9 Å². The number of carbonyl (C=O) groups is 2. The lowest BCUT2D eigenvalue weighted by Gasteiger charge is -2.16. The van der Waals surface area contributed by atoms with Crippen LogP contribution >= 0.6 is 11.6 Å². The lowest BCUT2D eigenvalue weighted by Crippen LogP contribution is -2.38. The van der Waals surface area contributed by atoms with Gasteiger partial charge in [0.1, 0.15) is 11.8 Å². The molecule has 0 fully saturated rings. The Balaban J connectivity index is 1.63. The minimum absolute atomic E-state index is 0.149. The number of nitrogens with zero attached hydrogens (tertiary/aromatic N) is 2. The molecule has 3 aromatic rings. The highest BCUT2D eigenvalue weighted by Gasteiger charge is 2.20. The van der Waals surface area contributed by atoms with Gasteiger partial charge in [0, 0.05) is 29.6 Å². The summed E-state index contributed by atoms with van der Waals surface area (Å²) in [4.78, 5) is 24.2. The number of carbonyl (C=O) groups excluding carboxylic acids is 2. The van der Waals surface area contributed by atoms with E-state index in [1.165, 1.54) is 0 Å². The molecule has 2 aromatic heterocycles. The molecule has 7 nitrogen and oxygen atoms in total. The second kappa shape index (κ2) is 7.88.